The number of amides is 2. The SMILES string of the molecule is O=C1C(c2cccs2)=C(N2CCCC2)C(=O)N1c1ccc(Oc2ccccc2)cc1. The average molecular weight is 417 g/mol. The summed E-state index contributed by atoms with van der Waals surface area (Å²) in [5, 5.41) is 1.93. The maximum absolute atomic E-state index is 13.4. The molecule has 0 N–H and O–H groups in total. The Morgan fingerprint density at radius 3 is 2.13 bits per heavy atom. The molecule has 0 bridgehead atoms. The Bertz CT molecular complexity index is 1100. The number of hydrogen-bond donors (Lipinski definition) is 0. The van der Waals surface area contributed by atoms with E-state index in [0.717, 1.165) is 36.6 Å². The maximum atomic E-state index is 13.4. The molecule has 0 aliphatic carbocycles. The van der Waals surface area contributed by atoms with Gasteiger partial charge in [0, 0.05) is 18.0 Å². The molecule has 5 nitrogen and oxygen atoms in total. The van der Waals surface area contributed by atoms with E-state index in [2.05, 4.69) is 4.90 Å². The van der Waals surface area contributed by atoms with Gasteiger partial charge in [-0.1, -0.05) is 24.3 Å². The van der Waals surface area contributed by atoms with Crippen LogP contribution >= 0.6 is 11.3 Å². The highest BCUT2D eigenvalue weighted by molar-refractivity contribution is 7.11. The number of rotatable bonds is 5. The van der Waals surface area contributed by atoms with Crippen molar-refractivity contribution in [3.8, 4) is 11.5 Å². The molecule has 1 fully saturated rings. The van der Waals surface area contributed by atoms with Crippen LogP contribution in [0, 0.1) is 0 Å². The van der Waals surface area contributed by atoms with Gasteiger partial charge in [0.15, 0.2) is 0 Å². The van der Waals surface area contributed by atoms with Crippen molar-refractivity contribution in [1.82, 2.24) is 4.90 Å². The first-order chi connectivity index (χ1) is 14.7. The average Bonchev–Trinajstić information content (AvgIpc) is 3.51. The van der Waals surface area contributed by atoms with Gasteiger partial charge < -0.3 is 9.64 Å². The Kier molecular flexibility index (Phi) is 4.85. The number of carbonyl (C=O) groups is 2. The second kappa shape index (κ2) is 7.80. The van der Waals surface area contributed by atoms with Gasteiger partial charge in [0.05, 0.1) is 11.3 Å². The predicted molar refractivity (Wildman–Crippen MR) is 117 cm³/mol. The van der Waals surface area contributed by atoms with Gasteiger partial charge in [0.2, 0.25) is 0 Å². The van der Waals surface area contributed by atoms with E-state index in [4.69, 9.17) is 4.74 Å². The number of carbonyl (C=O) groups excluding carboxylic acids is 2. The lowest BCUT2D eigenvalue weighted by Gasteiger charge is -2.20. The van der Waals surface area contributed by atoms with Crippen molar-refractivity contribution in [2.45, 2.75) is 12.8 Å². The van der Waals surface area contributed by atoms with Gasteiger partial charge in [-0.05, 0) is 60.7 Å². The van der Waals surface area contributed by atoms with Gasteiger partial charge in [0.1, 0.15) is 17.2 Å². The molecule has 30 heavy (non-hydrogen) atoms. The molecular formula is C24H20N2O3S. The third-order valence-corrected chi connectivity index (χ3v) is 6.21. The van der Waals surface area contributed by atoms with Crippen molar-refractivity contribution in [1.29, 1.82) is 0 Å². The number of hydrogen-bond acceptors (Lipinski definition) is 5. The number of para-hydroxylation sites is 1. The molecule has 2 amide bonds. The molecule has 150 valence electrons. The molecule has 0 unspecified atom stereocenters. The van der Waals surface area contributed by atoms with E-state index < -0.39 is 0 Å². The fourth-order valence-corrected chi connectivity index (χ4v) is 4.68. The van der Waals surface area contributed by atoms with Crippen LogP contribution in [0.2, 0.25) is 0 Å². The summed E-state index contributed by atoms with van der Waals surface area (Å²) in [6.45, 7) is 1.61. The molecule has 1 saturated heterocycles. The molecule has 2 aliphatic rings. The van der Waals surface area contributed by atoms with Gasteiger partial charge in [-0.15, -0.1) is 11.3 Å². The van der Waals surface area contributed by atoms with Crippen molar-refractivity contribution in [2.24, 2.45) is 0 Å². The fourth-order valence-electron chi connectivity index (χ4n) is 3.92. The fraction of sp³-hybridized carbons (Fsp3) is 0.167. The van der Waals surface area contributed by atoms with E-state index in [0.29, 0.717) is 22.7 Å². The number of likely N-dealkylation sites (tertiary alicyclic amines) is 1. The zero-order valence-corrected chi connectivity index (χ0v) is 17.1. The van der Waals surface area contributed by atoms with Crippen LogP contribution in [0.4, 0.5) is 5.69 Å². The second-order valence-corrected chi connectivity index (χ2v) is 8.20. The van der Waals surface area contributed by atoms with Crippen LogP contribution < -0.4 is 9.64 Å². The van der Waals surface area contributed by atoms with E-state index in [1.54, 1.807) is 24.3 Å². The number of imide groups is 1. The van der Waals surface area contributed by atoms with Gasteiger partial charge in [-0.25, -0.2) is 4.90 Å². The first-order valence-electron chi connectivity index (χ1n) is 9.97. The summed E-state index contributed by atoms with van der Waals surface area (Å²) in [6, 6.07) is 20.4. The summed E-state index contributed by atoms with van der Waals surface area (Å²) in [5.41, 5.74) is 1.60. The molecule has 5 rings (SSSR count). The Balaban J connectivity index is 1.45. The van der Waals surface area contributed by atoms with E-state index in [-0.39, 0.29) is 11.8 Å². The Labute approximate surface area is 178 Å². The standard InChI is InChI=1S/C24H20N2O3S/c27-23-21(20-9-6-16-30-20)22(25-14-4-5-15-25)24(28)26(23)17-10-12-19(13-11-17)29-18-7-2-1-3-8-18/h1-3,6-13,16H,4-5,14-15H2. The first kappa shape index (κ1) is 18.6. The molecular weight excluding hydrogens is 396 g/mol. The number of ether oxygens (including phenoxy) is 1. The van der Waals surface area contributed by atoms with Crippen LogP contribution in [-0.2, 0) is 9.59 Å². The zero-order chi connectivity index (χ0) is 20.5. The summed E-state index contributed by atoms with van der Waals surface area (Å²) < 4.78 is 5.83. The van der Waals surface area contributed by atoms with Crippen LogP contribution in [0.25, 0.3) is 5.57 Å². The van der Waals surface area contributed by atoms with Gasteiger partial charge in [-0.3, -0.25) is 9.59 Å². The summed E-state index contributed by atoms with van der Waals surface area (Å²) in [6.07, 6.45) is 2.07. The highest BCUT2D eigenvalue weighted by Gasteiger charge is 2.43. The zero-order valence-electron chi connectivity index (χ0n) is 16.3. The van der Waals surface area contributed by atoms with Gasteiger partial charge in [-0.2, -0.15) is 0 Å². The predicted octanol–water partition coefficient (Wildman–Crippen LogP) is 4.92. The van der Waals surface area contributed by atoms with Crippen molar-refractivity contribution in [3.05, 3.63) is 82.7 Å². The summed E-state index contributed by atoms with van der Waals surface area (Å²) >= 11 is 1.49. The molecule has 1 aromatic heterocycles. The van der Waals surface area contributed by atoms with Gasteiger partial charge in [0.25, 0.3) is 11.8 Å². The summed E-state index contributed by atoms with van der Waals surface area (Å²) in [7, 11) is 0. The summed E-state index contributed by atoms with van der Waals surface area (Å²) in [5.74, 6) is 0.870. The summed E-state index contributed by atoms with van der Waals surface area (Å²) in [4.78, 5) is 30.9. The van der Waals surface area contributed by atoms with E-state index >= 15 is 0 Å². The Morgan fingerprint density at radius 1 is 0.767 bits per heavy atom. The molecule has 0 saturated carbocycles. The van der Waals surface area contributed by atoms with Crippen LogP contribution in [0.5, 0.6) is 11.5 Å². The molecule has 3 aromatic rings. The number of nitrogens with zero attached hydrogens (tertiary/aromatic N) is 2. The van der Waals surface area contributed by atoms with E-state index in [9.17, 15) is 9.59 Å². The lowest BCUT2D eigenvalue weighted by Crippen LogP contribution is -2.34. The molecule has 6 heteroatoms. The minimum absolute atomic E-state index is 0.248. The van der Waals surface area contributed by atoms with Crippen molar-refractivity contribution >= 4 is 34.4 Å². The monoisotopic (exact) mass is 416 g/mol. The smallest absolute Gasteiger partial charge is 0.282 e. The lowest BCUT2D eigenvalue weighted by molar-refractivity contribution is -0.120. The lowest BCUT2D eigenvalue weighted by atomic mass is 10.2. The Morgan fingerprint density at radius 2 is 1.47 bits per heavy atom. The van der Waals surface area contributed by atoms with Crippen molar-refractivity contribution in [3.63, 3.8) is 0 Å². The topological polar surface area (TPSA) is 49.9 Å². The molecule has 2 aliphatic heterocycles. The molecule has 0 spiro atoms. The minimum atomic E-state index is -0.263. The quantitative estimate of drug-likeness (QED) is 0.554. The Hall–Kier alpha value is -3.38. The maximum Gasteiger partial charge on any atom is 0.282 e. The third kappa shape index (κ3) is 3.29. The van der Waals surface area contributed by atoms with Crippen LogP contribution in [0.15, 0.2) is 77.8 Å². The molecule has 0 atom stereocenters. The highest BCUT2D eigenvalue weighted by atomic mass is 32.1. The van der Waals surface area contributed by atoms with E-state index in [1.807, 2.05) is 47.8 Å². The molecule has 3 heterocycles. The second-order valence-electron chi connectivity index (χ2n) is 7.25. The molecule has 0 radical (unpaired) electrons. The van der Waals surface area contributed by atoms with E-state index in [1.165, 1.54) is 16.2 Å². The van der Waals surface area contributed by atoms with Crippen LogP contribution in [-0.4, -0.2) is 29.8 Å². The van der Waals surface area contributed by atoms with Crippen molar-refractivity contribution in [2.75, 3.05) is 18.0 Å². The highest BCUT2D eigenvalue weighted by Crippen LogP contribution is 2.38. The van der Waals surface area contributed by atoms with Crippen LogP contribution in [0.3, 0.4) is 0 Å². The minimum Gasteiger partial charge on any atom is -0.457 e. The van der Waals surface area contributed by atoms with Gasteiger partial charge >= 0.3 is 0 Å². The van der Waals surface area contributed by atoms with Crippen LogP contribution in [0.1, 0.15) is 17.7 Å². The largest absolute Gasteiger partial charge is 0.457 e. The molecule has 2 aromatic carbocycles. The number of benzene rings is 2. The number of thiophene rings is 1. The first-order valence-corrected chi connectivity index (χ1v) is 10.9. The number of anilines is 1. The van der Waals surface area contributed by atoms with Crippen molar-refractivity contribution < 1.29 is 14.3 Å². The third-order valence-electron chi connectivity index (χ3n) is 5.32. The normalized spacial score (nSPS) is 16.7.